The maximum Gasteiger partial charge on any atom is 0.278 e. The van der Waals surface area contributed by atoms with Gasteiger partial charge in [0.2, 0.25) is 0 Å². The maximum atomic E-state index is 12.4. The lowest BCUT2D eigenvalue weighted by Crippen LogP contribution is -2.46. The SMILES string of the molecule is COc1nccnc1OC1CCCN(C(=O)COc2ccc(Cl)cc2)C1. The summed E-state index contributed by atoms with van der Waals surface area (Å²) in [6, 6.07) is 6.91. The topological polar surface area (TPSA) is 73.8 Å². The van der Waals surface area contributed by atoms with Crippen molar-refractivity contribution in [2.75, 3.05) is 26.8 Å². The van der Waals surface area contributed by atoms with E-state index >= 15 is 0 Å². The Hall–Kier alpha value is -2.54. The molecular weight excluding hydrogens is 358 g/mol. The molecular formula is C18H20ClN3O4. The molecule has 0 saturated carbocycles. The van der Waals surface area contributed by atoms with Crippen molar-refractivity contribution in [3.63, 3.8) is 0 Å². The van der Waals surface area contributed by atoms with Crippen molar-refractivity contribution in [2.24, 2.45) is 0 Å². The van der Waals surface area contributed by atoms with E-state index in [0.29, 0.717) is 35.6 Å². The van der Waals surface area contributed by atoms with Crippen molar-refractivity contribution < 1.29 is 19.0 Å². The molecule has 2 heterocycles. The van der Waals surface area contributed by atoms with Gasteiger partial charge in [-0.25, -0.2) is 9.97 Å². The summed E-state index contributed by atoms with van der Waals surface area (Å²) in [4.78, 5) is 22.4. The summed E-state index contributed by atoms with van der Waals surface area (Å²) in [5.74, 6) is 1.20. The molecule has 8 heteroatoms. The van der Waals surface area contributed by atoms with Crippen LogP contribution in [0.2, 0.25) is 5.02 Å². The van der Waals surface area contributed by atoms with Crippen LogP contribution in [0.3, 0.4) is 0 Å². The van der Waals surface area contributed by atoms with E-state index in [1.54, 1.807) is 35.4 Å². The smallest absolute Gasteiger partial charge is 0.278 e. The number of piperidine rings is 1. The van der Waals surface area contributed by atoms with Crippen LogP contribution in [0.1, 0.15) is 12.8 Å². The fraction of sp³-hybridized carbons (Fsp3) is 0.389. The molecule has 1 aromatic carbocycles. The predicted octanol–water partition coefficient (Wildman–Crippen LogP) is 2.59. The van der Waals surface area contributed by atoms with E-state index in [0.717, 1.165) is 12.8 Å². The van der Waals surface area contributed by atoms with Gasteiger partial charge in [-0.15, -0.1) is 0 Å². The molecule has 138 valence electrons. The highest BCUT2D eigenvalue weighted by atomic mass is 35.5. The van der Waals surface area contributed by atoms with Gasteiger partial charge in [0.25, 0.3) is 17.7 Å². The van der Waals surface area contributed by atoms with Crippen LogP contribution in [-0.4, -0.2) is 53.7 Å². The molecule has 0 spiro atoms. The maximum absolute atomic E-state index is 12.4. The summed E-state index contributed by atoms with van der Waals surface area (Å²) in [5, 5.41) is 0.624. The van der Waals surface area contributed by atoms with Crippen LogP contribution >= 0.6 is 11.6 Å². The van der Waals surface area contributed by atoms with Crippen LogP contribution in [0.4, 0.5) is 0 Å². The minimum absolute atomic E-state index is 0.0250. The Morgan fingerprint density at radius 3 is 2.69 bits per heavy atom. The van der Waals surface area contributed by atoms with Crippen molar-refractivity contribution in [2.45, 2.75) is 18.9 Å². The quantitative estimate of drug-likeness (QED) is 0.770. The van der Waals surface area contributed by atoms with Crippen LogP contribution in [-0.2, 0) is 4.79 Å². The van der Waals surface area contributed by atoms with Gasteiger partial charge in [-0.2, -0.15) is 0 Å². The second-order valence-electron chi connectivity index (χ2n) is 5.84. The number of amides is 1. The van der Waals surface area contributed by atoms with Crippen LogP contribution < -0.4 is 14.2 Å². The Morgan fingerprint density at radius 2 is 1.96 bits per heavy atom. The Kier molecular flexibility index (Phi) is 6.12. The molecule has 1 aromatic heterocycles. The van der Waals surface area contributed by atoms with Crippen molar-refractivity contribution in [3.05, 3.63) is 41.7 Å². The van der Waals surface area contributed by atoms with Crippen LogP contribution in [0.5, 0.6) is 17.5 Å². The van der Waals surface area contributed by atoms with Gasteiger partial charge in [-0.1, -0.05) is 11.6 Å². The molecule has 1 atom stereocenters. The average Bonchev–Trinajstić information content (AvgIpc) is 2.68. The van der Waals surface area contributed by atoms with Crippen LogP contribution in [0.25, 0.3) is 0 Å². The van der Waals surface area contributed by atoms with Crippen molar-refractivity contribution in [1.29, 1.82) is 0 Å². The summed E-state index contributed by atoms with van der Waals surface area (Å²) in [7, 11) is 1.52. The first-order chi connectivity index (χ1) is 12.7. The van der Waals surface area contributed by atoms with E-state index < -0.39 is 0 Å². The standard InChI is InChI=1S/C18H20ClN3O4/c1-24-17-18(21-9-8-20-17)26-15-3-2-10-22(11-15)16(23)12-25-14-6-4-13(19)5-7-14/h4-9,15H,2-3,10-12H2,1H3. The van der Waals surface area contributed by atoms with Crippen LogP contribution in [0.15, 0.2) is 36.7 Å². The van der Waals surface area contributed by atoms with E-state index in [4.69, 9.17) is 25.8 Å². The molecule has 0 aliphatic carbocycles. The number of carbonyl (C=O) groups is 1. The number of carbonyl (C=O) groups excluding carboxylic acids is 1. The number of benzene rings is 1. The Labute approximate surface area is 156 Å². The molecule has 7 nitrogen and oxygen atoms in total. The highest BCUT2D eigenvalue weighted by molar-refractivity contribution is 6.30. The zero-order valence-electron chi connectivity index (χ0n) is 14.4. The number of halogens is 1. The summed E-state index contributed by atoms with van der Waals surface area (Å²) >= 11 is 5.84. The first-order valence-electron chi connectivity index (χ1n) is 8.33. The largest absolute Gasteiger partial charge is 0.484 e. The lowest BCUT2D eigenvalue weighted by Gasteiger charge is -2.32. The highest BCUT2D eigenvalue weighted by Gasteiger charge is 2.26. The van der Waals surface area contributed by atoms with Gasteiger partial charge in [0.15, 0.2) is 6.61 Å². The Morgan fingerprint density at radius 1 is 1.23 bits per heavy atom. The van der Waals surface area contributed by atoms with Gasteiger partial charge in [0.05, 0.1) is 13.7 Å². The average molecular weight is 378 g/mol. The molecule has 1 aliphatic heterocycles. The van der Waals surface area contributed by atoms with E-state index in [1.807, 2.05) is 0 Å². The number of rotatable bonds is 6. The van der Waals surface area contributed by atoms with Gasteiger partial charge < -0.3 is 19.1 Å². The molecule has 1 saturated heterocycles. The summed E-state index contributed by atoms with van der Waals surface area (Å²) in [6.07, 6.45) is 4.61. The van der Waals surface area contributed by atoms with E-state index in [9.17, 15) is 4.79 Å². The first kappa shape index (κ1) is 18.3. The number of hydrogen-bond donors (Lipinski definition) is 0. The van der Waals surface area contributed by atoms with E-state index in [-0.39, 0.29) is 18.6 Å². The zero-order chi connectivity index (χ0) is 18.4. The van der Waals surface area contributed by atoms with Crippen molar-refractivity contribution >= 4 is 17.5 Å². The fourth-order valence-electron chi connectivity index (χ4n) is 2.72. The molecule has 26 heavy (non-hydrogen) atoms. The third-order valence-electron chi connectivity index (χ3n) is 4.01. The number of hydrogen-bond acceptors (Lipinski definition) is 6. The lowest BCUT2D eigenvalue weighted by atomic mass is 10.1. The van der Waals surface area contributed by atoms with Gasteiger partial charge >= 0.3 is 0 Å². The van der Waals surface area contributed by atoms with Gasteiger partial charge in [0.1, 0.15) is 11.9 Å². The molecule has 3 rings (SSSR count). The first-order valence-corrected chi connectivity index (χ1v) is 8.71. The number of ether oxygens (including phenoxy) is 3. The van der Waals surface area contributed by atoms with E-state index in [2.05, 4.69) is 9.97 Å². The molecule has 0 bridgehead atoms. The minimum atomic E-state index is -0.158. The second-order valence-corrected chi connectivity index (χ2v) is 6.27. The number of methoxy groups -OCH3 is 1. The summed E-state index contributed by atoms with van der Waals surface area (Å²) < 4.78 is 16.6. The Bertz CT molecular complexity index is 741. The number of nitrogens with zero attached hydrogens (tertiary/aromatic N) is 3. The van der Waals surface area contributed by atoms with Gasteiger partial charge in [0, 0.05) is 24.0 Å². The monoisotopic (exact) mass is 377 g/mol. The van der Waals surface area contributed by atoms with Crippen molar-refractivity contribution in [3.8, 4) is 17.5 Å². The van der Waals surface area contributed by atoms with E-state index in [1.165, 1.54) is 13.3 Å². The third-order valence-corrected chi connectivity index (χ3v) is 4.26. The summed E-state index contributed by atoms with van der Waals surface area (Å²) in [5.41, 5.74) is 0. The predicted molar refractivity (Wildman–Crippen MR) is 95.8 cm³/mol. The van der Waals surface area contributed by atoms with Gasteiger partial charge in [-0.3, -0.25) is 4.79 Å². The fourth-order valence-corrected chi connectivity index (χ4v) is 2.85. The molecule has 1 unspecified atom stereocenters. The normalized spacial score (nSPS) is 16.8. The second kappa shape index (κ2) is 8.71. The Balaban J connectivity index is 1.54. The van der Waals surface area contributed by atoms with Gasteiger partial charge in [-0.05, 0) is 37.1 Å². The number of likely N-dealkylation sites (tertiary alicyclic amines) is 1. The zero-order valence-corrected chi connectivity index (χ0v) is 15.2. The molecule has 1 fully saturated rings. The highest BCUT2D eigenvalue weighted by Crippen LogP contribution is 2.24. The molecule has 1 aliphatic rings. The third kappa shape index (κ3) is 4.76. The molecule has 1 amide bonds. The minimum Gasteiger partial charge on any atom is -0.484 e. The molecule has 0 radical (unpaired) electrons. The molecule has 0 N–H and O–H groups in total. The lowest BCUT2D eigenvalue weighted by molar-refractivity contribution is -0.136. The van der Waals surface area contributed by atoms with Crippen molar-refractivity contribution in [1.82, 2.24) is 14.9 Å². The van der Waals surface area contributed by atoms with Crippen LogP contribution in [0, 0.1) is 0 Å². The molecule has 2 aromatic rings. The summed E-state index contributed by atoms with van der Waals surface area (Å²) in [6.45, 7) is 1.13. The number of aromatic nitrogens is 2.